The summed E-state index contributed by atoms with van der Waals surface area (Å²) in [6, 6.07) is 10.4. The maximum absolute atomic E-state index is 13.8. The first-order chi connectivity index (χ1) is 19.9. The lowest BCUT2D eigenvalue weighted by Gasteiger charge is -2.45. The maximum atomic E-state index is 13.8. The Kier molecular flexibility index (Phi) is 11.2. The Morgan fingerprint density at radius 3 is 2.21 bits per heavy atom. The number of hydrogen-bond donors (Lipinski definition) is 3. The summed E-state index contributed by atoms with van der Waals surface area (Å²) >= 11 is 0. The van der Waals surface area contributed by atoms with Crippen molar-refractivity contribution in [1.29, 1.82) is 0 Å². The van der Waals surface area contributed by atoms with Crippen LogP contribution in [-0.4, -0.2) is 58.3 Å². The van der Waals surface area contributed by atoms with Crippen molar-refractivity contribution in [2.24, 2.45) is 0 Å². The Bertz CT molecular complexity index is 1210. The second-order valence-electron chi connectivity index (χ2n) is 10.9. The first-order valence-electron chi connectivity index (χ1n) is 14.8. The molecule has 1 saturated carbocycles. The number of carbonyl (C=O) groups excluding carboxylic acids is 1. The molecule has 42 heavy (non-hydrogen) atoms. The summed E-state index contributed by atoms with van der Waals surface area (Å²) in [6.07, 6.45) is -0.104. The Hall–Kier alpha value is -3.40. The Balaban J connectivity index is 2.00. The minimum Gasteiger partial charge on any atom is -0.493 e. The molecule has 1 aliphatic rings. The van der Waals surface area contributed by atoms with Crippen molar-refractivity contribution in [3.05, 3.63) is 58.7 Å². The van der Waals surface area contributed by atoms with Gasteiger partial charge in [0.05, 0.1) is 30.9 Å². The van der Waals surface area contributed by atoms with E-state index in [1.807, 2.05) is 58.0 Å². The molecule has 10 heteroatoms. The number of nitrogens with zero attached hydrogens (tertiary/aromatic N) is 1. The zero-order chi connectivity index (χ0) is 31.1. The lowest BCUT2D eigenvalue weighted by Crippen LogP contribution is -2.68. The average molecular weight is 591 g/mol. The van der Waals surface area contributed by atoms with Crippen molar-refractivity contribution >= 4 is 12.0 Å². The van der Waals surface area contributed by atoms with Crippen LogP contribution in [0.15, 0.2) is 36.4 Å². The third-order valence-corrected chi connectivity index (χ3v) is 7.79. The van der Waals surface area contributed by atoms with Crippen LogP contribution in [0.3, 0.4) is 0 Å². The van der Waals surface area contributed by atoms with Gasteiger partial charge < -0.3 is 29.9 Å². The number of aliphatic carboxylic acids is 1. The van der Waals surface area contributed by atoms with Crippen LogP contribution in [0.1, 0.15) is 94.7 Å². The number of ether oxygens (including phenoxy) is 2. The van der Waals surface area contributed by atoms with E-state index in [2.05, 4.69) is 5.32 Å². The maximum Gasteiger partial charge on any atom is 0.329 e. The third kappa shape index (κ3) is 7.51. The van der Waals surface area contributed by atoms with Gasteiger partial charge in [-0.25, -0.2) is 18.4 Å². The number of carboxylic acids is 1. The van der Waals surface area contributed by atoms with Gasteiger partial charge in [0.2, 0.25) is 0 Å². The molecule has 0 aromatic heterocycles. The van der Waals surface area contributed by atoms with Crippen molar-refractivity contribution in [1.82, 2.24) is 10.2 Å². The fourth-order valence-electron chi connectivity index (χ4n) is 5.72. The second kappa shape index (κ2) is 14.2. The quantitative estimate of drug-likeness (QED) is 0.206. The highest BCUT2D eigenvalue weighted by Gasteiger charge is 2.62. The highest BCUT2D eigenvalue weighted by Crippen LogP contribution is 2.46. The molecule has 3 N–H and O–H groups in total. The number of carboxylic acid groups (broad SMARTS) is 1. The molecule has 3 rings (SSSR count). The topological polar surface area (TPSA) is 108 Å². The number of benzene rings is 2. The summed E-state index contributed by atoms with van der Waals surface area (Å²) in [4.78, 5) is 27.3. The lowest BCUT2D eigenvalue weighted by molar-refractivity contribution is -0.175. The van der Waals surface area contributed by atoms with E-state index in [-0.39, 0.29) is 6.54 Å². The van der Waals surface area contributed by atoms with Crippen LogP contribution in [0.2, 0.25) is 0 Å². The van der Waals surface area contributed by atoms with Gasteiger partial charge in [0.15, 0.2) is 5.54 Å². The molecular weight excluding hydrogens is 546 g/mol. The average Bonchev–Trinajstić information content (AvgIpc) is 2.91. The van der Waals surface area contributed by atoms with Gasteiger partial charge in [0, 0.05) is 19.4 Å². The summed E-state index contributed by atoms with van der Waals surface area (Å²) in [5.41, 5.74) is 1.16. The van der Waals surface area contributed by atoms with E-state index >= 15 is 0 Å². The van der Waals surface area contributed by atoms with Crippen molar-refractivity contribution in [3.8, 4) is 11.5 Å². The van der Waals surface area contributed by atoms with Gasteiger partial charge in [-0.15, -0.1) is 0 Å². The number of alkyl halides is 2. The Labute approximate surface area is 247 Å². The van der Waals surface area contributed by atoms with Crippen molar-refractivity contribution in [2.75, 3.05) is 19.8 Å². The van der Waals surface area contributed by atoms with Gasteiger partial charge in [-0.05, 0) is 76.1 Å². The number of aliphatic hydroxyl groups excluding tert-OH is 1. The molecular formula is C32H44F2N2O6. The van der Waals surface area contributed by atoms with Crippen LogP contribution < -0.4 is 14.8 Å². The molecule has 8 nitrogen and oxygen atoms in total. The van der Waals surface area contributed by atoms with Crippen LogP contribution in [0.5, 0.6) is 11.5 Å². The number of aliphatic hydroxyl groups is 1. The zero-order valence-corrected chi connectivity index (χ0v) is 25.2. The zero-order valence-electron chi connectivity index (χ0n) is 25.2. The number of carbonyl (C=O) groups is 2. The highest BCUT2D eigenvalue weighted by molar-refractivity contribution is 5.88. The van der Waals surface area contributed by atoms with Gasteiger partial charge >= 0.3 is 12.0 Å². The number of halogens is 2. The summed E-state index contributed by atoms with van der Waals surface area (Å²) in [5.74, 6) is -3.71. The predicted molar refractivity (Wildman–Crippen MR) is 156 cm³/mol. The highest BCUT2D eigenvalue weighted by atomic mass is 19.3. The molecule has 1 fully saturated rings. The van der Waals surface area contributed by atoms with E-state index in [9.17, 15) is 28.6 Å². The number of unbranched alkanes of at least 4 members (excludes halogenated alkanes) is 1. The van der Waals surface area contributed by atoms with Crippen LogP contribution in [0.4, 0.5) is 13.6 Å². The van der Waals surface area contributed by atoms with Crippen molar-refractivity contribution < 1.29 is 38.1 Å². The molecule has 0 heterocycles. The number of hydrogen-bond acceptors (Lipinski definition) is 5. The molecule has 1 aliphatic carbocycles. The lowest BCUT2D eigenvalue weighted by atomic mass is 9.73. The Morgan fingerprint density at radius 1 is 1.05 bits per heavy atom. The van der Waals surface area contributed by atoms with E-state index < -0.39 is 48.4 Å². The first-order valence-corrected chi connectivity index (χ1v) is 14.8. The molecule has 0 radical (unpaired) electrons. The van der Waals surface area contributed by atoms with Crippen LogP contribution >= 0.6 is 0 Å². The summed E-state index contributed by atoms with van der Waals surface area (Å²) in [5, 5.41) is 22.8. The van der Waals surface area contributed by atoms with Crippen LogP contribution in [0.25, 0.3) is 0 Å². The molecule has 0 saturated heterocycles. The third-order valence-electron chi connectivity index (χ3n) is 7.79. The van der Waals surface area contributed by atoms with Gasteiger partial charge in [0.25, 0.3) is 5.92 Å². The van der Waals surface area contributed by atoms with E-state index in [1.165, 1.54) is 4.90 Å². The van der Waals surface area contributed by atoms with Gasteiger partial charge in [-0.1, -0.05) is 37.3 Å². The van der Waals surface area contributed by atoms with E-state index in [0.29, 0.717) is 43.1 Å². The Morgan fingerprint density at radius 2 is 1.69 bits per heavy atom. The standard InChI is InChI=1S/C32H44F2N2O6/c1-6-24-25(18-26(41-7-2)27(22(5)37)28(24)42-8-3)21(4)36(17-13-12-16-23-14-10-9-11-15-23)30(40)35-31(29(38)39)19-32(33,34)20-31/h9-11,14-15,18,21-22,37H,6-8,12-13,16-17,19-20H2,1-5H3,(H,35,40)(H,38,39). The number of urea groups is 1. The molecule has 0 aliphatic heterocycles. The normalized spacial score (nSPS) is 16.6. The van der Waals surface area contributed by atoms with Gasteiger partial charge in [-0.3, -0.25) is 0 Å². The SMILES string of the molecule is CCOc1cc(C(C)N(CCCCc2ccccc2)C(=O)NC2(C(=O)O)CC(F)(F)C2)c(CC)c(OCC)c1C(C)O. The van der Waals surface area contributed by atoms with Gasteiger partial charge in [0.1, 0.15) is 11.5 Å². The second-order valence-corrected chi connectivity index (χ2v) is 10.9. The fraction of sp³-hybridized carbons (Fsp3) is 0.562. The predicted octanol–water partition coefficient (Wildman–Crippen LogP) is 6.45. The molecule has 2 aromatic carbocycles. The smallest absolute Gasteiger partial charge is 0.329 e. The fourth-order valence-corrected chi connectivity index (χ4v) is 5.72. The first kappa shape index (κ1) is 33.1. The van der Waals surface area contributed by atoms with E-state index in [0.717, 1.165) is 29.5 Å². The largest absolute Gasteiger partial charge is 0.493 e. The molecule has 2 aromatic rings. The van der Waals surface area contributed by atoms with Crippen LogP contribution in [-0.2, 0) is 17.6 Å². The van der Waals surface area contributed by atoms with E-state index in [4.69, 9.17) is 9.47 Å². The molecule has 232 valence electrons. The molecule has 2 atom stereocenters. The van der Waals surface area contributed by atoms with Crippen LogP contribution in [0, 0.1) is 0 Å². The number of rotatable bonds is 15. The molecule has 2 amide bonds. The van der Waals surface area contributed by atoms with Crippen molar-refractivity contribution in [3.63, 3.8) is 0 Å². The van der Waals surface area contributed by atoms with E-state index in [1.54, 1.807) is 13.0 Å². The summed E-state index contributed by atoms with van der Waals surface area (Å²) in [7, 11) is 0. The minimum absolute atomic E-state index is 0.265. The molecule has 0 bridgehead atoms. The number of nitrogens with one attached hydrogen (secondary N) is 1. The monoisotopic (exact) mass is 590 g/mol. The summed E-state index contributed by atoms with van der Waals surface area (Å²) in [6.45, 7) is 10.0. The minimum atomic E-state index is -3.15. The van der Waals surface area contributed by atoms with Crippen molar-refractivity contribution in [2.45, 2.75) is 96.8 Å². The van der Waals surface area contributed by atoms with Gasteiger partial charge in [-0.2, -0.15) is 0 Å². The molecule has 2 unspecified atom stereocenters. The summed E-state index contributed by atoms with van der Waals surface area (Å²) < 4.78 is 39.6. The molecule has 0 spiro atoms. The number of amides is 2. The number of aryl methyl sites for hydroxylation is 1.